The molecule has 0 bridgehead atoms. The van der Waals surface area contributed by atoms with Crippen molar-refractivity contribution in [1.82, 2.24) is 0 Å². The molecular formula is C7H12O3. The Labute approximate surface area is 60.3 Å². The molecule has 0 aliphatic carbocycles. The molecule has 0 saturated carbocycles. The largest absolute Gasteiger partial charge is 0.469 e. The Morgan fingerprint density at radius 1 is 1.70 bits per heavy atom. The van der Waals surface area contributed by atoms with E-state index >= 15 is 0 Å². The summed E-state index contributed by atoms with van der Waals surface area (Å²) in [5, 5.41) is 8.39. The van der Waals surface area contributed by atoms with Crippen molar-refractivity contribution in [2.45, 2.75) is 13.3 Å². The van der Waals surface area contributed by atoms with E-state index in [0.29, 0.717) is 0 Å². The Bertz CT molecular complexity index is 138. The lowest BCUT2D eigenvalue weighted by molar-refractivity contribution is -0.139. The summed E-state index contributed by atoms with van der Waals surface area (Å²) in [6, 6.07) is 0. The second-order valence-corrected chi connectivity index (χ2v) is 1.99. The number of aliphatic hydroxyl groups is 1. The minimum Gasteiger partial charge on any atom is -0.469 e. The molecule has 0 fully saturated rings. The first-order chi connectivity index (χ1) is 4.70. The van der Waals surface area contributed by atoms with Crippen LogP contribution in [0.15, 0.2) is 11.6 Å². The van der Waals surface area contributed by atoms with Gasteiger partial charge in [0.05, 0.1) is 20.1 Å². The third kappa shape index (κ3) is 4.09. The van der Waals surface area contributed by atoms with E-state index in [2.05, 4.69) is 4.74 Å². The molecule has 0 aromatic carbocycles. The van der Waals surface area contributed by atoms with Gasteiger partial charge in [0.2, 0.25) is 0 Å². The molecule has 1 N–H and O–H groups in total. The lowest BCUT2D eigenvalue weighted by Crippen LogP contribution is -2.00. The smallest absolute Gasteiger partial charge is 0.309 e. The molecule has 0 aliphatic rings. The molecule has 0 atom stereocenters. The highest BCUT2D eigenvalue weighted by atomic mass is 16.5. The summed E-state index contributed by atoms with van der Waals surface area (Å²) in [7, 11) is 1.34. The molecule has 0 unspecified atom stereocenters. The van der Waals surface area contributed by atoms with Crippen molar-refractivity contribution in [3.63, 3.8) is 0 Å². The molecule has 3 nitrogen and oxygen atoms in total. The van der Waals surface area contributed by atoms with Crippen LogP contribution >= 0.6 is 0 Å². The average Bonchev–Trinajstić information content (AvgIpc) is 1.88. The normalized spacial score (nSPS) is 11.3. The van der Waals surface area contributed by atoms with Gasteiger partial charge in [0.15, 0.2) is 0 Å². The summed E-state index contributed by atoms with van der Waals surface area (Å²) in [5.41, 5.74) is 0.828. The Kier molecular flexibility index (Phi) is 4.58. The first kappa shape index (κ1) is 9.17. The summed E-state index contributed by atoms with van der Waals surface area (Å²) in [6.07, 6.45) is 1.84. The number of methoxy groups -OCH3 is 1. The molecule has 0 amide bonds. The van der Waals surface area contributed by atoms with Gasteiger partial charge in [0.1, 0.15) is 0 Å². The predicted molar refractivity (Wildman–Crippen MR) is 37.5 cm³/mol. The number of aliphatic hydroxyl groups excluding tert-OH is 1. The van der Waals surface area contributed by atoms with E-state index in [0.717, 1.165) is 5.57 Å². The van der Waals surface area contributed by atoms with Crippen molar-refractivity contribution in [3.8, 4) is 0 Å². The van der Waals surface area contributed by atoms with Crippen molar-refractivity contribution in [1.29, 1.82) is 0 Å². The summed E-state index contributed by atoms with van der Waals surface area (Å²) in [4.78, 5) is 10.6. The molecule has 0 aromatic heterocycles. The molecule has 0 spiro atoms. The Morgan fingerprint density at radius 2 is 2.30 bits per heavy atom. The first-order valence-corrected chi connectivity index (χ1v) is 3.04. The molecule has 0 aliphatic heterocycles. The number of carbonyl (C=O) groups excluding carboxylic acids is 1. The maximum absolute atomic E-state index is 10.6. The SMILES string of the molecule is COC(=O)CC(C)=CCO. The van der Waals surface area contributed by atoms with Gasteiger partial charge in [-0.1, -0.05) is 11.6 Å². The summed E-state index contributed by atoms with van der Waals surface area (Å²) < 4.78 is 4.41. The second-order valence-electron chi connectivity index (χ2n) is 1.99. The fourth-order valence-corrected chi connectivity index (χ4v) is 0.528. The van der Waals surface area contributed by atoms with E-state index in [9.17, 15) is 4.79 Å². The number of ether oxygens (including phenoxy) is 1. The average molecular weight is 144 g/mol. The van der Waals surface area contributed by atoms with Crippen LogP contribution in [0.1, 0.15) is 13.3 Å². The predicted octanol–water partition coefficient (Wildman–Crippen LogP) is 0.488. The summed E-state index contributed by atoms with van der Waals surface area (Å²) >= 11 is 0. The van der Waals surface area contributed by atoms with E-state index in [1.165, 1.54) is 7.11 Å². The maximum Gasteiger partial charge on any atom is 0.309 e. The van der Waals surface area contributed by atoms with Gasteiger partial charge in [-0.15, -0.1) is 0 Å². The Hall–Kier alpha value is -0.830. The van der Waals surface area contributed by atoms with Gasteiger partial charge < -0.3 is 9.84 Å². The van der Waals surface area contributed by atoms with E-state index in [1.54, 1.807) is 13.0 Å². The van der Waals surface area contributed by atoms with Gasteiger partial charge in [-0.2, -0.15) is 0 Å². The van der Waals surface area contributed by atoms with Crippen LogP contribution in [0.4, 0.5) is 0 Å². The molecule has 10 heavy (non-hydrogen) atoms. The summed E-state index contributed by atoms with van der Waals surface area (Å²) in [5.74, 6) is -0.276. The van der Waals surface area contributed by atoms with Crippen molar-refractivity contribution in [3.05, 3.63) is 11.6 Å². The van der Waals surface area contributed by atoms with Crippen molar-refractivity contribution < 1.29 is 14.6 Å². The number of hydrogen-bond acceptors (Lipinski definition) is 3. The van der Waals surface area contributed by atoms with Crippen LogP contribution in [0.25, 0.3) is 0 Å². The number of hydrogen-bond donors (Lipinski definition) is 1. The fourth-order valence-electron chi connectivity index (χ4n) is 0.528. The highest BCUT2D eigenvalue weighted by Crippen LogP contribution is 1.99. The quantitative estimate of drug-likeness (QED) is 0.463. The van der Waals surface area contributed by atoms with Crippen LogP contribution in [-0.4, -0.2) is 24.8 Å². The minimum atomic E-state index is -0.276. The van der Waals surface area contributed by atoms with E-state index < -0.39 is 0 Å². The molecule has 0 rings (SSSR count). The third-order valence-electron chi connectivity index (χ3n) is 1.09. The van der Waals surface area contributed by atoms with E-state index in [1.807, 2.05) is 0 Å². The third-order valence-corrected chi connectivity index (χ3v) is 1.09. The van der Waals surface area contributed by atoms with Crippen LogP contribution in [-0.2, 0) is 9.53 Å². The molecular weight excluding hydrogens is 132 g/mol. The summed E-state index contributed by atoms with van der Waals surface area (Å²) in [6.45, 7) is 1.75. The topological polar surface area (TPSA) is 46.5 Å². The molecule has 3 heteroatoms. The van der Waals surface area contributed by atoms with Crippen LogP contribution in [0, 0.1) is 0 Å². The van der Waals surface area contributed by atoms with Gasteiger partial charge in [0, 0.05) is 0 Å². The van der Waals surface area contributed by atoms with Crippen molar-refractivity contribution in [2.75, 3.05) is 13.7 Å². The van der Waals surface area contributed by atoms with Crippen molar-refractivity contribution in [2.24, 2.45) is 0 Å². The van der Waals surface area contributed by atoms with Gasteiger partial charge in [-0.25, -0.2) is 0 Å². The van der Waals surface area contributed by atoms with Gasteiger partial charge in [0.25, 0.3) is 0 Å². The molecule has 0 saturated heterocycles. The number of carbonyl (C=O) groups is 1. The number of rotatable bonds is 3. The zero-order valence-electron chi connectivity index (χ0n) is 6.26. The van der Waals surface area contributed by atoms with Crippen LogP contribution in [0.2, 0.25) is 0 Å². The highest BCUT2D eigenvalue weighted by Gasteiger charge is 1.99. The Morgan fingerprint density at radius 3 is 2.70 bits per heavy atom. The van der Waals surface area contributed by atoms with E-state index in [4.69, 9.17) is 5.11 Å². The van der Waals surface area contributed by atoms with Crippen LogP contribution in [0.5, 0.6) is 0 Å². The zero-order valence-corrected chi connectivity index (χ0v) is 6.26. The molecule has 0 aromatic rings. The molecule has 0 heterocycles. The monoisotopic (exact) mass is 144 g/mol. The lowest BCUT2D eigenvalue weighted by atomic mass is 10.2. The fraction of sp³-hybridized carbons (Fsp3) is 0.571. The molecule has 58 valence electrons. The van der Waals surface area contributed by atoms with Gasteiger partial charge >= 0.3 is 5.97 Å². The molecule has 0 radical (unpaired) electrons. The standard InChI is InChI=1S/C7H12O3/c1-6(3-4-8)5-7(9)10-2/h3,8H,4-5H2,1-2H3. The zero-order chi connectivity index (χ0) is 7.98. The van der Waals surface area contributed by atoms with Crippen LogP contribution < -0.4 is 0 Å². The first-order valence-electron chi connectivity index (χ1n) is 3.04. The number of esters is 1. The Balaban J connectivity index is 3.67. The lowest BCUT2D eigenvalue weighted by Gasteiger charge is -1.97. The highest BCUT2D eigenvalue weighted by molar-refractivity contribution is 5.71. The van der Waals surface area contributed by atoms with Gasteiger partial charge in [-0.05, 0) is 6.92 Å². The van der Waals surface area contributed by atoms with Gasteiger partial charge in [-0.3, -0.25) is 4.79 Å². The minimum absolute atomic E-state index is 0.0250. The second kappa shape index (κ2) is 4.99. The van der Waals surface area contributed by atoms with Crippen LogP contribution in [0.3, 0.4) is 0 Å². The van der Waals surface area contributed by atoms with E-state index in [-0.39, 0.29) is 19.0 Å². The maximum atomic E-state index is 10.6. The van der Waals surface area contributed by atoms with Crippen molar-refractivity contribution >= 4 is 5.97 Å².